The van der Waals surface area contributed by atoms with Crippen LogP contribution >= 0.6 is 0 Å². The van der Waals surface area contributed by atoms with Gasteiger partial charge in [0.05, 0.1) is 23.2 Å². The number of benzene rings is 2. The highest BCUT2D eigenvalue weighted by molar-refractivity contribution is 5.99. The Kier molecular flexibility index (Phi) is 4.75. The summed E-state index contributed by atoms with van der Waals surface area (Å²) >= 11 is 0. The lowest BCUT2D eigenvalue weighted by molar-refractivity contribution is -0.149. The smallest absolute Gasteiger partial charge is 0.311 e. The van der Waals surface area contributed by atoms with Crippen molar-refractivity contribution >= 4 is 17.6 Å². The third-order valence-electron chi connectivity index (χ3n) is 4.07. The van der Waals surface area contributed by atoms with E-state index in [4.69, 9.17) is 10.00 Å². The number of nitrogens with zero attached hydrogens (tertiary/aromatic N) is 2. The average Bonchev–Trinajstić information content (AvgIpc) is 3.02. The van der Waals surface area contributed by atoms with Crippen molar-refractivity contribution in [2.75, 3.05) is 11.4 Å². The zero-order valence-corrected chi connectivity index (χ0v) is 13.3. The number of halogens is 1. The van der Waals surface area contributed by atoms with Gasteiger partial charge in [-0.25, -0.2) is 4.39 Å². The predicted octanol–water partition coefficient (Wildman–Crippen LogP) is 2.79. The number of carbonyl (C=O) groups is 2. The van der Waals surface area contributed by atoms with Gasteiger partial charge in [-0.2, -0.15) is 5.26 Å². The van der Waals surface area contributed by atoms with Gasteiger partial charge >= 0.3 is 5.97 Å². The first-order valence-corrected chi connectivity index (χ1v) is 7.79. The highest BCUT2D eigenvalue weighted by atomic mass is 19.1. The molecular weight excluding hydrogens is 323 g/mol. The zero-order valence-electron chi connectivity index (χ0n) is 13.3. The van der Waals surface area contributed by atoms with E-state index in [1.165, 1.54) is 17.0 Å². The number of para-hydroxylation sites is 1. The van der Waals surface area contributed by atoms with Crippen LogP contribution in [0.25, 0.3) is 0 Å². The van der Waals surface area contributed by atoms with E-state index >= 15 is 0 Å². The van der Waals surface area contributed by atoms with Crippen LogP contribution in [0.15, 0.2) is 48.5 Å². The van der Waals surface area contributed by atoms with Crippen LogP contribution < -0.4 is 4.90 Å². The maximum Gasteiger partial charge on any atom is 0.311 e. The number of esters is 1. The summed E-state index contributed by atoms with van der Waals surface area (Å²) in [5.74, 6) is -1.91. The van der Waals surface area contributed by atoms with Crippen molar-refractivity contribution in [3.8, 4) is 6.07 Å². The summed E-state index contributed by atoms with van der Waals surface area (Å²) in [5.41, 5.74) is 1.45. The van der Waals surface area contributed by atoms with Gasteiger partial charge in [-0.1, -0.05) is 24.3 Å². The van der Waals surface area contributed by atoms with Gasteiger partial charge in [0.1, 0.15) is 12.4 Å². The molecule has 1 heterocycles. The Labute approximate surface area is 144 Å². The number of ether oxygens (including phenoxy) is 1. The molecule has 1 aliphatic heterocycles. The van der Waals surface area contributed by atoms with Crippen molar-refractivity contribution in [2.45, 2.75) is 13.0 Å². The summed E-state index contributed by atoms with van der Waals surface area (Å²) in [6, 6.07) is 14.7. The monoisotopic (exact) mass is 338 g/mol. The molecule has 25 heavy (non-hydrogen) atoms. The normalized spacial score (nSPS) is 16.6. The molecule has 1 aliphatic rings. The second-order valence-electron chi connectivity index (χ2n) is 5.77. The number of nitriles is 1. The fraction of sp³-hybridized carbons (Fsp3) is 0.211. The molecule has 1 saturated heterocycles. The molecule has 5 nitrogen and oxygen atoms in total. The number of amides is 1. The zero-order chi connectivity index (χ0) is 17.8. The van der Waals surface area contributed by atoms with E-state index < -0.39 is 17.7 Å². The Hall–Kier alpha value is -3.20. The van der Waals surface area contributed by atoms with E-state index in [9.17, 15) is 14.0 Å². The molecule has 0 aromatic heterocycles. The maximum atomic E-state index is 13.8. The third-order valence-corrected chi connectivity index (χ3v) is 4.07. The second kappa shape index (κ2) is 7.14. The lowest BCUT2D eigenvalue weighted by atomic mass is 10.1. The van der Waals surface area contributed by atoms with Crippen LogP contribution in [0, 0.1) is 23.1 Å². The van der Waals surface area contributed by atoms with Crippen molar-refractivity contribution in [1.82, 2.24) is 0 Å². The van der Waals surface area contributed by atoms with Crippen LogP contribution in [0.2, 0.25) is 0 Å². The Balaban J connectivity index is 1.61. The van der Waals surface area contributed by atoms with Gasteiger partial charge in [-0.05, 0) is 29.8 Å². The molecule has 1 atom stereocenters. The molecule has 0 bridgehead atoms. The van der Waals surface area contributed by atoms with E-state index in [0.717, 1.165) is 5.56 Å². The minimum Gasteiger partial charge on any atom is -0.461 e. The Morgan fingerprint density at radius 2 is 1.96 bits per heavy atom. The highest BCUT2D eigenvalue weighted by Gasteiger charge is 2.37. The molecular formula is C19H15FN2O3. The molecule has 0 radical (unpaired) electrons. The lowest BCUT2D eigenvalue weighted by Gasteiger charge is -2.17. The quantitative estimate of drug-likeness (QED) is 0.804. The Morgan fingerprint density at radius 1 is 1.24 bits per heavy atom. The molecule has 6 heteroatoms. The Bertz CT molecular complexity index is 842. The van der Waals surface area contributed by atoms with Gasteiger partial charge in [-0.15, -0.1) is 0 Å². The van der Waals surface area contributed by atoms with Gasteiger partial charge in [0.15, 0.2) is 0 Å². The SMILES string of the molecule is N#Cc1ccc(COC(=O)[C@@H]2CC(=O)N(c3ccccc3F)C2)cc1. The third kappa shape index (κ3) is 3.66. The first-order valence-electron chi connectivity index (χ1n) is 7.79. The molecule has 1 amide bonds. The topological polar surface area (TPSA) is 70.4 Å². The van der Waals surface area contributed by atoms with Crippen molar-refractivity contribution in [3.63, 3.8) is 0 Å². The summed E-state index contributed by atoms with van der Waals surface area (Å²) in [6.07, 6.45) is 0.000534. The summed E-state index contributed by atoms with van der Waals surface area (Å²) in [7, 11) is 0. The number of anilines is 1. The molecule has 126 valence electrons. The molecule has 3 rings (SSSR count). The summed E-state index contributed by atoms with van der Waals surface area (Å²) < 4.78 is 19.1. The van der Waals surface area contributed by atoms with E-state index in [-0.39, 0.29) is 31.2 Å². The van der Waals surface area contributed by atoms with Crippen LogP contribution in [0.5, 0.6) is 0 Å². The number of rotatable bonds is 4. The minimum atomic E-state index is -0.620. The van der Waals surface area contributed by atoms with Gasteiger partial charge in [-0.3, -0.25) is 9.59 Å². The van der Waals surface area contributed by atoms with Crippen LogP contribution in [-0.4, -0.2) is 18.4 Å². The largest absolute Gasteiger partial charge is 0.461 e. The van der Waals surface area contributed by atoms with Gasteiger partial charge < -0.3 is 9.64 Å². The van der Waals surface area contributed by atoms with Crippen molar-refractivity contribution in [1.29, 1.82) is 5.26 Å². The van der Waals surface area contributed by atoms with E-state index in [1.54, 1.807) is 36.4 Å². The minimum absolute atomic E-state index is 0.000534. The number of carbonyl (C=O) groups excluding carboxylic acids is 2. The average molecular weight is 338 g/mol. The number of hydrogen-bond donors (Lipinski definition) is 0. The van der Waals surface area contributed by atoms with E-state index in [0.29, 0.717) is 5.56 Å². The van der Waals surface area contributed by atoms with Crippen LogP contribution in [0.4, 0.5) is 10.1 Å². The van der Waals surface area contributed by atoms with Crippen molar-refractivity contribution in [3.05, 3.63) is 65.5 Å². The van der Waals surface area contributed by atoms with E-state index in [1.807, 2.05) is 6.07 Å². The molecule has 1 fully saturated rings. The van der Waals surface area contributed by atoms with E-state index in [2.05, 4.69) is 0 Å². The fourth-order valence-corrected chi connectivity index (χ4v) is 2.72. The fourth-order valence-electron chi connectivity index (χ4n) is 2.72. The first kappa shape index (κ1) is 16.7. The lowest BCUT2D eigenvalue weighted by Crippen LogP contribution is -2.27. The molecule has 0 spiro atoms. The van der Waals surface area contributed by atoms with Gasteiger partial charge in [0.2, 0.25) is 5.91 Å². The standard InChI is InChI=1S/C19H15FN2O3/c20-16-3-1-2-4-17(16)22-11-15(9-18(22)23)19(24)25-12-14-7-5-13(10-21)6-8-14/h1-8,15H,9,11-12H2/t15-/m1/s1. The molecule has 0 N–H and O–H groups in total. The molecule has 0 unspecified atom stereocenters. The first-order chi connectivity index (χ1) is 12.1. The van der Waals surface area contributed by atoms with Gasteiger partial charge in [0, 0.05) is 13.0 Å². The predicted molar refractivity (Wildman–Crippen MR) is 87.8 cm³/mol. The summed E-state index contributed by atoms with van der Waals surface area (Å²) in [6.45, 7) is 0.168. The number of hydrogen-bond acceptors (Lipinski definition) is 4. The molecule has 0 aliphatic carbocycles. The highest BCUT2D eigenvalue weighted by Crippen LogP contribution is 2.28. The van der Waals surface area contributed by atoms with Crippen LogP contribution in [0.1, 0.15) is 17.5 Å². The van der Waals surface area contributed by atoms with Crippen LogP contribution in [-0.2, 0) is 20.9 Å². The molecule has 0 saturated carbocycles. The van der Waals surface area contributed by atoms with Crippen molar-refractivity contribution in [2.24, 2.45) is 5.92 Å². The molecule has 2 aromatic carbocycles. The molecule has 2 aromatic rings. The van der Waals surface area contributed by atoms with Crippen molar-refractivity contribution < 1.29 is 18.7 Å². The van der Waals surface area contributed by atoms with Crippen LogP contribution in [0.3, 0.4) is 0 Å². The summed E-state index contributed by atoms with van der Waals surface area (Å²) in [4.78, 5) is 25.6. The van der Waals surface area contributed by atoms with Gasteiger partial charge in [0.25, 0.3) is 0 Å². The maximum absolute atomic E-state index is 13.8. The summed E-state index contributed by atoms with van der Waals surface area (Å²) in [5, 5.41) is 8.75. The second-order valence-corrected chi connectivity index (χ2v) is 5.77. The Morgan fingerprint density at radius 3 is 2.64 bits per heavy atom.